The molecule has 0 aliphatic heterocycles. The predicted octanol–water partition coefficient (Wildman–Crippen LogP) is 21.4. The first-order valence-corrected chi connectivity index (χ1v) is 29.0. The van der Waals surface area contributed by atoms with Gasteiger partial charge in [-0.1, -0.05) is 164 Å². The summed E-state index contributed by atoms with van der Waals surface area (Å²) < 4.78 is 14.1. The van der Waals surface area contributed by atoms with Crippen LogP contribution in [0.1, 0.15) is 23.1 Å². The van der Waals surface area contributed by atoms with Gasteiger partial charge in [-0.25, -0.2) is 0 Å². The van der Waals surface area contributed by atoms with Crippen molar-refractivity contribution < 1.29 is 4.42 Å². The van der Waals surface area contributed by atoms with Crippen LogP contribution in [0, 0.1) is 0 Å². The molecule has 0 saturated heterocycles. The summed E-state index contributed by atoms with van der Waals surface area (Å²) in [7, 11) is 0. The SMILES string of the molecule is C1=CC2c3c(n(-c4ccc(N(c5ccccc5)c5ccc6c(c5)sc5ccccc56)cc4)c4ccccc34)-c3ccccc3-c3c(n(-c4ccc(N(c5ccccc5)c5ccc6c(c5)oc5ccccc56)cc4)c4ccccc34)C2C=C1. The van der Waals surface area contributed by atoms with Crippen LogP contribution in [0.5, 0.6) is 0 Å². The van der Waals surface area contributed by atoms with Crippen LogP contribution >= 0.6 is 11.3 Å². The number of hydrogen-bond donors (Lipinski definition) is 0. The van der Waals surface area contributed by atoms with E-state index in [9.17, 15) is 0 Å². The van der Waals surface area contributed by atoms with Gasteiger partial charge < -0.3 is 23.4 Å². The van der Waals surface area contributed by atoms with E-state index in [1.54, 1.807) is 0 Å². The summed E-state index contributed by atoms with van der Waals surface area (Å²) in [6.07, 6.45) is 9.42. The van der Waals surface area contributed by atoms with Crippen molar-refractivity contribution in [3.05, 3.63) is 302 Å². The first-order chi connectivity index (χ1) is 40.7. The third kappa shape index (κ3) is 7.18. The maximum atomic E-state index is 6.45. The van der Waals surface area contributed by atoms with Gasteiger partial charge in [0, 0.05) is 122 Å². The van der Waals surface area contributed by atoms with E-state index >= 15 is 0 Å². The highest BCUT2D eigenvalue weighted by molar-refractivity contribution is 7.25. The Morgan fingerprint density at radius 1 is 0.341 bits per heavy atom. The number of anilines is 6. The second-order valence-electron chi connectivity index (χ2n) is 21.5. The molecule has 0 saturated carbocycles. The maximum Gasteiger partial charge on any atom is 0.137 e. The van der Waals surface area contributed by atoms with Crippen LogP contribution in [0.4, 0.5) is 34.1 Å². The molecule has 2 atom stereocenters. The van der Waals surface area contributed by atoms with E-state index in [1.807, 2.05) is 23.5 Å². The molecule has 0 bridgehead atoms. The number of furan rings is 1. The van der Waals surface area contributed by atoms with Gasteiger partial charge in [-0.15, -0.1) is 11.3 Å². The van der Waals surface area contributed by atoms with Gasteiger partial charge in [0.05, 0.1) is 16.7 Å². The van der Waals surface area contributed by atoms with Crippen molar-refractivity contribution >= 4 is 109 Å². The average Bonchev–Trinajstić information content (AvgIpc) is 2.58. The van der Waals surface area contributed by atoms with Crippen LogP contribution in [0.3, 0.4) is 0 Å². The molecule has 15 aromatic rings. The topological polar surface area (TPSA) is 29.5 Å². The van der Waals surface area contributed by atoms with Crippen molar-refractivity contribution in [3.63, 3.8) is 0 Å². The van der Waals surface area contributed by atoms with Crippen molar-refractivity contribution in [1.29, 1.82) is 0 Å². The van der Waals surface area contributed by atoms with Crippen LogP contribution in [0.15, 0.2) is 296 Å². The van der Waals surface area contributed by atoms with Crippen LogP contribution in [-0.4, -0.2) is 9.13 Å². The Balaban J connectivity index is 0.825. The van der Waals surface area contributed by atoms with E-state index in [0.29, 0.717) is 0 Å². The van der Waals surface area contributed by atoms with E-state index in [0.717, 1.165) is 67.4 Å². The van der Waals surface area contributed by atoms with Gasteiger partial charge in [-0.3, -0.25) is 0 Å². The molecule has 82 heavy (non-hydrogen) atoms. The molecule has 0 amide bonds. The lowest BCUT2D eigenvalue weighted by Gasteiger charge is -2.31. The molecule has 5 nitrogen and oxygen atoms in total. The Kier molecular flexibility index (Phi) is 10.5. The second-order valence-corrected chi connectivity index (χ2v) is 22.6. The quantitative estimate of drug-likeness (QED) is 0.152. The minimum Gasteiger partial charge on any atom is -0.456 e. The van der Waals surface area contributed by atoms with E-state index in [4.69, 9.17) is 4.42 Å². The highest BCUT2D eigenvalue weighted by Crippen LogP contribution is 2.56. The first-order valence-electron chi connectivity index (χ1n) is 28.2. The number of para-hydroxylation sites is 5. The summed E-state index contributed by atoms with van der Waals surface area (Å²) in [4.78, 5) is 4.71. The summed E-state index contributed by atoms with van der Waals surface area (Å²) in [5.41, 5.74) is 20.4. The van der Waals surface area contributed by atoms with Crippen LogP contribution in [0.2, 0.25) is 0 Å². The first kappa shape index (κ1) is 46.5. The number of allylic oxidation sites excluding steroid dienone is 4. The van der Waals surface area contributed by atoms with E-state index in [1.165, 1.54) is 75.6 Å². The fourth-order valence-electron chi connectivity index (χ4n) is 13.6. The minimum atomic E-state index is -0.00474. The molecule has 4 heterocycles. The van der Waals surface area contributed by atoms with Gasteiger partial charge in [-0.05, 0) is 132 Å². The third-order valence-electron chi connectivity index (χ3n) is 17.1. The zero-order valence-corrected chi connectivity index (χ0v) is 45.3. The molecule has 0 spiro atoms. The molecule has 4 aromatic heterocycles. The van der Waals surface area contributed by atoms with E-state index < -0.39 is 0 Å². The predicted molar refractivity (Wildman–Crippen MR) is 344 cm³/mol. The molecule has 386 valence electrons. The standard InChI is InChI=1S/C76H50N4OS/c1-3-19-49(20-4-1)77(55-43-45-58-57-23-13-17-33-69(57)81-70(58)47-55)51-35-39-53(40-36-51)79-67-31-15-11-29-65(67)73-62-26-8-10-28-64(62)76-74(61-25-7-9-27-63(61)75(73)79)66-30-12-16-32-68(66)80(76)54-41-37-52(38-42-54)78(50-21-5-2-6-22-50)56-44-46-60-59-24-14-18-34-71(59)82-72(60)48-56/h1-48,61,63H. The zero-order valence-electron chi connectivity index (χ0n) is 44.5. The molecule has 17 rings (SSSR count). The summed E-state index contributed by atoms with van der Waals surface area (Å²) in [5.74, 6) is 0.00821. The molecular formula is C76H50N4OS. The monoisotopic (exact) mass is 1070 g/mol. The van der Waals surface area contributed by atoms with Crippen molar-refractivity contribution in [2.24, 2.45) is 0 Å². The highest BCUT2D eigenvalue weighted by atomic mass is 32.1. The van der Waals surface area contributed by atoms with Crippen LogP contribution in [0.25, 0.3) is 97.7 Å². The molecule has 2 unspecified atom stereocenters. The molecular weight excluding hydrogens is 1020 g/mol. The molecule has 0 fully saturated rings. The fourth-order valence-corrected chi connectivity index (χ4v) is 14.7. The van der Waals surface area contributed by atoms with Crippen molar-refractivity contribution in [1.82, 2.24) is 9.13 Å². The Labute approximate surface area is 478 Å². The largest absolute Gasteiger partial charge is 0.456 e. The number of aromatic nitrogens is 2. The molecule has 6 heteroatoms. The van der Waals surface area contributed by atoms with E-state index in [2.05, 4.69) is 298 Å². The average molecular weight is 1070 g/mol. The van der Waals surface area contributed by atoms with Gasteiger partial charge in [0.2, 0.25) is 0 Å². The number of rotatable bonds is 8. The number of hydrogen-bond acceptors (Lipinski definition) is 4. The Morgan fingerprint density at radius 2 is 0.829 bits per heavy atom. The van der Waals surface area contributed by atoms with Gasteiger partial charge in [0.25, 0.3) is 0 Å². The fraction of sp³-hybridized carbons (Fsp3) is 0.0263. The lowest BCUT2D eigenvalue weighted by atomic mass is 9.74. The van der Waals surface area contributed by atoms with Gasteiger partial charge in [0.1, 0.15) is 11.2 Å². The van der Waals surface area contributed by atoms with Crippen LogP contribution in [-0.2, 0) is 0 Å². The molecule has 0 radical (unpaired) electrons. The Bertz CT molecular complexity index is 5060. The second kappa shape index (κ2) is 18.6. The molecule has 11 aromatic carbocycles. The zero-order chi connectivity index (χ0) is 53.8. The maximum absolute atomic E-state index is 6.45. The number of nitrogens with zero attached hydrogens (tertiary/aromatic N) is 4. The van der Waals surface area contributed by atoms with Crippen molar-refractivity contribution in [2.45, 2.75) is 11.8 Å². The minimum absolute atomic E-state index is 0.00474. The molecule has 0 N–H and O–H groups in total. The Hall–Kier alpha value is -10.4. The summed E-state index contributed by atoms with van der Waals surface area (Å²) >= 11 is 1.86. The van der Waals surface area contributed by atoms with Gasteiger partial charge >= 0.3 is 0 Å². The highest BCUT2D eigenvalue weighted by Gasteiger charge is 2.38. The summed E-state index contributed by atoms with van der Waals surface area (Å²) in [5, 5.41) is 7.32. The van der Waals surface area contributed by atoms with Gasteiger partial charge in [0.15, 0.2) is 0 Å². The molecule has 2 aliphatic rings. The summed E-state index contributed by atoms with van der Waals surface area (Å²) in [6, 6.07) is 97.5. The van der Waals surface area contributed by atoms with Gasteiger partial charge in [-0.2, -0.15) is 0 Å². The molecule has 2 aliphatic carbocycles. The number of thiophene rings is 1. The number of benzene rings is 11. The normalized spacial score (nSPS) is 14.5. The van der Waals surface area contributed by atoms with Crippen molar-refractivity contribution in [3.8, 4) is 33.8 Å². The summed E-state index contributed by atoms with van der Waals surface area (Å²) in [6.45, 7) is 0. The smallest absolute Gasteiger partial charge is 0.137 e. The van der Waals surface area contributed by atoms with Crippen LogP contribution < -0.4 is 9.80 Å². The van der Waals surface area contributed by atoms with Crippen molar-refractivity contribution in [2.75, 3.05) is 9.80 Å². The third-order valence-corrected chi connectivity index (χ3v) is 18.2. The Morgan fingerprint density at radius 3 is 1.54 bits per heavy atom. The van der Waals surface area contributed by atoms with E-state index in [-0.39, 0.29) is 11.8 Å². The lowest BCUT2D eigenvalue weighted by molar-refractivity contribution is 0.669. The lowest BCUT2D eigenvalue weighted by Crippen LogP contribution is -2.17. The number of fused-ring (bicyclic) bond motifs is 18.